The molecule has 0 bridgehead atoms. The molecule has 1 aliphatic heterocycles. The molecule has 8 nitrogen and oxygen atoms in total. The summed E-state index contributed by atoms with van der Waals surface area (Å²) < 4.78 is 53.4. The van der Waals surface area contributed by atoms with Gasteiger partial charge in [0.1, 0.15) is 17.0 Å². The monoisotopic (exact) mass is 583 g/mol. The van der Waals surface area contributed by atoms with Crippen LogP contribution < -0.4 is 9.47 Å². The van der Waals surface area contributed by atoms with Crippen molar-refractivity contribution in [3.05, 3.63) is 52.7 Å². The summed E-state index contributed by atoms with van der Waals surface area (Å²) in [7, 11) is 4.55. The van der Waals surface area contributed by atoms with E-state index in [9.17, 15) is 27.9 Å². The normalized spacial score (nSPS) is 19.1. The number of alkyl halides is 3. The number of piperidine rings is 1. The lowest BCUT2D eigenvalue weighted by molar-refractivity contribution is -0.262. The lowest BCUT2D eigenvalue weighted by atomic mass is 9.67. The molecule has 4 rings (SSSR count). The number of aliphatic hydroxyl groups is 1. The molecule has 1 saturated carbocycles. The first kappa shape index (κ1) is 29.9. The summed E-state index contributed by atoms with van der Waals surface area (Å²) in [5, 5.41) is 10.9. The Morgan fingerprint density at radius 3 is 2.30 bits per heavy atom. The van der Waals surface area contributed by atoms with Crippen molar-refractivity contribution < 1.29 is 37.3 Å². The number of aromatic nitrogens is 1. The molecule has 1 spiro atoms. The van der Waals surface area contributed by atoms with Crippen LogP contribution in [0.15, 0.2) is 36.4 Å². The van der Waals surface area contributed by atoms with Gasteiger partial charge in [0.25, 0.3) is 17.4 Å². The first-order valence-electron chi connectivity index (χ1n) is 13.1. The van der Waals surface area contributed by atoms with Gasteiger partial charge in [0.15, 0.2) is 0 Å². The Hall–Kier alpha value is -3.05. The van der Waals surface area contributed by atoms with E-state index in [1.807, 2.05) is 0 Å². The average molecular weight is 584 g/mol. The van der Waals surface area contributed by atoms with E-state index < -0.39 is 23.2 Å². The van der Waals surface area contributed by atoms with Crippen molar-refractivity contribution >= 4 is 23.4 Å². The Bertz CT molecular complexity index is 1240. The lowest BCUT2D eigenvalue weighted by Gasteiger charge is -2.47. The Morgan fingerprint density at radius 1 is 1.10 bits per heavy atom. The van der Waals surface area contributed by atoms with Gasteiger partial charge in [0.05, 0.1) is 12.7 Å². The van der Waals surface area contributed by atoms with E-state index in [0.29, 0.717) is 31.6 Å². The van der Waals surface area contributed by atoms with Crippen LogP contribution in [0.4, 0.5) is 13.2 Å². The average Bonchev–Trinajstić information content (AvgIpc) is 2.93. The van der Waals surface area contributed by atoms with Crippen LogP contribution in [-0.2, 0) is 10.4 Å². The van der Waals surface area contributed by atoms with E-state index in [-0.39, 0.29) is 47.0 Å². The molecule has 2 aliphatic rings. The minimum Gasteiger partial charge on any atom is -0.497 e. The van der Waals surface area contributed by atoms with E-state index in [0.717, 1.165) is 29.9 Å². The quantitative estimate of drug-likeness (QED) is 0.490. The molecule has 1 atom stereocenters. The fourth-order valence-corrected chi connectivity index (χ4v) is 5.77. The summed E-state index contributed by atoms with van der Waals surface area (Å²) in [6, 6.07) is 8.06. The highest BCUT2D eigenvalue weighted by molar-refractivity contribution is 6.32. The van der Waals surface area contributed by atoms with Crippen LogP contribution in [0.25, 0.3) is 0 Å². The third-order valence-electron chi connectivity index (χ3n) is 8.06. The number of benzene rings is 1. The molecule has 0 radical (unpaired) electrons. The minimum absolute atomic E-state index is 0.0632. The Morgan fingerprint density at radius 2 is 1.75 bits per heavy atom. The highest BCUT2D eigenvalue weighted by atomic mass is 35.5. The van der Waals surface area contributed by atoms with Gasteiger partial charge in [-0.15, -0.1) is 0 Å². The number of amides is 2. The summed E-state index contributed by atoms with van der Waals surface area (Å²) in [4.78, 5) is 32.1. The van der Waals surface area contributed by atoms with Gasteiger partial charge in [-0.3, -0.25) is 9.59 Å². The zero-order chi connectivity index (χ0) is 29.3. The van der Waals surface area contributed by atoms with Gasteiger partial charge in [-0.1, -0.05) is 23.7 Å². The van der Waals surface area contributed by atoms with Crippen molar-refractivity contribution in [3.63, 3.8) is 0 Å². The molecule has 2 heterocycles. The maximum Gasteiger partial charge on any atom is 0.430 e. The maximum atomic E-state index is 14.1. The molecule has 12 heteroatoms. The summed E-state index contributed by atoms with van der Waals surface area (Å²) in [5.74, 6) is -1.20. The molecule has 1 N–H and O–H groups in total. The number of halogens is 4. The number of carbonyl (C=O) groups is 2. The van der Waals surface area contributed by atoms with Crippen molar-refractivity contribution in [1.82, 2.24) is 14.8 Å². The summed E-state index contributed by atoms with van der Waals surface area (Å²) in [5.41, 5.74) is -4.07. The standard InChI is InChI=1S/C28H33ClF3N3O5/c1-34(2)24(36)21-7-8-22(33-23(21)29)40-19-9-11-26(12-10-19)13-15-35(16-14-26)25(37)27(38,28(30,31)32)18-5-4-6-20(17-18)39-3/h4-8,17,19,38H,9-16H2,1-3H3/t27-/m0/s1. The number of hydrogen-bond donors (Lipinski definition) is 1. The lowest BCUT2D eigenvalue weighted by Crippen LogP contribution is -2.58. The highest BCUT2D eigenvalue weighted by Crippen LogP contribution is 2.47. The van der Waals surface area contributed by atoms with Gasteiger partial charge in [-0.05, 0) is 62.1 Å². The topological polar surface area (TPSA) is 92.2 Å². The summed E-state index contributed by atoms with van der Waals surface area (Å²) >= 11 is 6.19. The molecule has 1 aliphatic carbocycles. The molecule has 0 unspecified atom stereocenters. The number of ether oxygens (including phenoxy) is 2. The molecule has 1 aromatic carbocycles. The minimum atomic E-state index is -5.21. The van der Waals surface area contributed by atoms with Crippen LogP contribution in [0.5, 0.6) is 11.6 Å². The van der Waals surface area contributed by atoms with Crippen molar-refractivity contribution in [3.8, 4) is 11.6 Å². The van der Waals surface area contributed by atoms with Crippen LogP contribution in [0.3, 0.4) is 0 Å². The second-order valence-corrected chi connectivity index (χ2v) is 11.1. The van der Waals surface area contributed by atoms with E-state index >= 15 is 0 Å². The maximum absolute atomic E-state index is 14.1. The van der Waals surface area contributed by atoms with Crippen LogP contribution in [-0.4, -0.2) is 78.3 Å². The first-order chi connectivity index (χ1) is 18.8. The van der Waals surface area contributed by atoms with Gasteiger partial charge in [-0.25, -0.2) is 4.98 Å². The number of carbonyl (C=O) groups excluding carboxylic acids is 2. The molecule has 40 heavy (non-hydrogen) atoms. The molecular formula is C28H33ClF3N3O5. The van der Waals surface area contributed by atoms with Crippen LogP contribution in [0, 0.1) is 5.41 Å². The van der Waals surface area contributed by atoms with Crippen LogP contribution in [0.1, 0.15) is 54.4 Å². The molecule has 2 amide bonds. The molecule has 218 valence electrons. The Labute approximate surface area is 236 Å². The van der Waals surface area contributed by atoms with E-state index in [1.54, 1.807) is 26.2 Å². The molecule has 1 saturated heterocycles. The Kier molecular flexibility index (Phi) is 8.56. The van der Waals surface area contributed by atoms with Crippen LogP contribution >= 0.6 is 11.6 Å². The number of nitrogens with zero attached hydrogens (tertiary/aromatic N) is 3. The van der Waals surface area contributed by atoms with Crippen molar-refractivity contribution in [2.75, 3.05) is 34.3 Å². The summed E-state index contributed by atoms with van der Waals surface area (Å²) in [6.45, 7) is 0.233. The number of methoxy groups -OCH3 is 1. The second-order valence-electron chi connectivity index (χ2n) is 10.7. The molecule has 2 fully saturated rings. The molecule has 1 aromatic heterocycles. The first-order valence-corrected chi connectivity index (χ1v) is 13.5. The number of hydrogen-bond acceptors (Lipinski definition) is 6. The van der Waals surface area contributed by atoms with E-state index in [1.165, 1.54) is 24.1 Å². The third-order valence-corrected chi connectivity index (χ3v) is 8.35. The largest absolute Gasteiger partial charge is 0.497 e. The van der Waals surface area contributed by atoms with Gasteiger partial charge < -0.3 is 24.4 Å². The van der Waals surface area contributed by atoms with Gasteiger partial charge in [-0.2, -0.15) is 13.2 Å². The second kappa shape index (κ2) is 11.4. The Balaban J connectivity index is 1.37. The number of likely N-dealkylation sites (tertiary alicyclic amines) is 1. The zero-order valence-electron chi connectivity index (χ0n) is 22.6. The fraction of sp³-hybridized carbons (Fsp3) is 0.536. The number of pyridine rings is 1. The smallest absolute Gasteiger partial charge is 0.430 e. The number of rotatable bonds is 6. The van der Waals surface area contributed by atoms with Crippen molar-refractivity contribution in [2.45, 2.75) is 56.4 Å². The summed E-state index contributed by atoms with van der Waals surface area (Å²) in [6.07, 6.45) is -1.28. The van der Waals surface area contributed by atoms with Crippen LogP contribution in [0.2, 0.25) is 5.15 Å². The van der Waals surface area contributed by atoms with Crippen molar-refractivity contribution in [2.24, 2.45) is 5.41 Å². The van der Waals surface area contributed by atoms with Gasteiger partial charge in [0, 0.05) is 38.8 Å². The van der Waals surface area contributed by atoms with Gasteiger partial charge in [0.2, 0.25) is 5.88 Å². The van der Waals surface area contributed by atoms with E-state index in [2.05, 4.69) is 4.98 Å². The highest BCUT2D eigenvalue weighted by Gasteiger charge is 2.62. The predicted octanol–water partition coefficient (Wildman–Crippen LogP) is 4.83. The third kappa shape index (κ3) is 5.85. The van der Waals surface area contributed by atoms with E-state index in [4.69, 9.17) is 21.1 Å². The predicted molar refractivity (Wildman–Crippen MR) is 141 cm³/mol. The van der Waals surface area contributed by atoms with Crippen molar-refractivity contribution in [1.29, 1.82) is 0 Å². The zero-order valence-corrected chi connectivity index (χ0v) is 23.4. The van der Waals surface area contributed by atoms with Gasteiger partial charge >= 0.3 is 6.18 Å². The fourth-order valence-electron chi connectivity index (χ4n) is 5.55. The molecular weight excluding hydrogens is 551 g/mol. The SMILES string of the molecule is COc1cccc([C@](O)(C(=O)N2CCC3(CCC(Oc4ccc(C(=O)N(C)C)c(Cl)n4)CC3)CC2)C(F)(F)F)c1. The molecule has 2 aromatic rings.